The highest BCUT2D eigenvalue weighted by molar-refractivity contribution is 5.95. The number of piperidine rings is 1. The molecular formula is C18H27ClN2O3. The van der Waals surface area contributed by atoms with Gasteiger partial charge in [-0.25, -0.2) is 4.79 Å². The summed E-state index contributed by atoms with van der Waals surface area (Å²) >= 11 is 0. The van der Waals surface area contributed by atoms with E-state index in [0.29, 0.717) is 29.5 Å². The van der Waals surface area contributed by atoms with Crippen LogP contribution in [0.25, 0.3) is 0 Å². The molecule has 1 fully saturated rings. The molecular weight excluding hydrogens is 328 g/mol. The summed E-state index contributed by atoms with van der Waals surface area (Å²) in [5, 5.41) is 6.24. The molecule has 1 aliphatic rings. The van der Waals surface area contributed by atoms with E-state index in [-0.39, 0.29) is 24.3 Å². The second kappa shape index (κ2) is 9.64. The maximum atomic E-state index is 12.3. The maximum absolute atomic E-state index is 12.3. The molecule has 1 unspecified atom stereocenters. The van der Waals surface area contributed by atoms with E-state index in [1.807, 2.05) is 19.1 Å². The molecule has 5 nitrogen and oxygen atoms in total. The number of rotatable bonds is 5. The minimum atomic E-state index is -0.387. The lowest BCUT2D eigenvalue weighted by Crippen LogP contribution is -2.32. The Labute approximate surface area is 149 Å². The van der Waals surface area contributed by atoms with Crippen LogP contribution in [0.3, 0.4) is 0 Å². The molecule has 2 N–H and O–H groups in total. The Morgan fingerprint density at radius 1 is 1.33 bits per heavy atom. The van der Waals surface area contributed by atoms with Crippen molar-refractivity contribution in [3.8, 4) is 0 Å². The van der Waals surface area contributed by atoms with E-state index in [0.717, 1.165) is 31.5 Å². The van der Waals surface area contributed by atoms with Crippen molar-refractivity contribution in [3.63, 3.8) is 0 Å². The molecule has 1 amide bonds. The fraction of sp³-hybridized carbons (Fsp3) is 0.556. The predicted octanol–water partition coefficient (Wildman–Crippen LogP) is 3.17. The standard InChI is InChI=1S/C18H26N2O3.ClH/c1-12-4-5-15(11-16(12)18(22)23-3)20-17(21)10-13(2)14-6-8-19-9-7-14;/h4-5,11,13-14,19H,6-10H2,1-3H3,(H,20,21);1H. The van der Waals surface area contributed by atoms with Crippen molar-refractivity contribution in [1.82, 2.24) is 5.32 Å². The predicted molar refractivity (Wildman–Crippen MR) is 97.8 cm³/mol. The lowest BCUT2D eigenvalue weighted by Gasteiger charge is -2.27. The number of carbonyl (C=O) groups excluding carboxylic acids is 2. The van der Waals surface area contributed by atoms with Crippen molar-refractivity contribution >= 4 is 30.0 Å². The first-order chi connectivity index (χ1) is 11.0. The molecule has 0 radical (unpaired) electrons. The average Bonchev–Trinajstić information content (AvgIpc) is 2.56. The van der Waals surface area contributed by atoms with Crippen molar-refractivity contribution in [1.29, 1.82) is 0 Å². The van der Waals surface area contributed by atoms with E-state index in [1.54, 1.807) is 6.07 Å². The Morgan fingerprint density at radius 2 is 2.00 bits per heavy atom. The second-order valence-electron chi connectivity index (χ2n) is 6.34. The number of hydrogen-bond donors (Lipinski definition) is 2. The summed E-state index contributed by atoms with van der Waals surface area (Å²) in [5.41, 5.74) is 1.95. The van der Waals surface area contributed by atoms with Gasteiger partial charge >= 0.3 is 5.97 Å². The number of anilines is 1. The van der Waals surface area contributed by atoms with Gasteiger partial charge in [0.15, 0.2) is 0 Å². The molecule has 1 atom stereocenters. The number of amides is 1. The summed E-state index contributed by atoms with van der Waals surface area (Å²) in [5.74, 6) is 0.575. The first-order valence-corrected chi connectivity index (χ1v) is 8.20. The minimum Gasteiger partial charge on any atom is -0.465 e. The van der Waals surface area contributed by atoms with E-state index in [1.165, 1.54) is 7.11 Å². The third kappa shape index (κ3) is 5.49. The van der Waals surface area contributed by atoms with Crippen LogP contribution in [0.15, 0.2) is 18.2 Å². The van der Waals surface area contributed by atoms with Crippen LogP contribution < -0.4 is 10.6 Å². The summed E-state index contributed by atoms with van der Waals surface area (Å²) in [6.07, 6.45) is 2.77. The Bertz CT molecular complexity index is 571. The van der Waals surface area contributed by atoms with Gasteiger partial charge in [0.05, 0.1) is 12.7 Å². The lowest BCUT2D eigenvalue weighted by molar-refractivity contribution is -0.117. The molecule has 0 aromatic heterocycles. The Kier molecular flexibility index (Phi) is 8.22. The van der Waals surface area contributed by atoms with Gasteiger partial charge in [-0.15, -0.1) is 12.4 Å². The highest BCUT2D eigenvalue weighted by Gasteiger charge is 2.22. The van der Waals surface area contributed by atoms with Crippen molar-refractivity contribution in [3.05, 3.63) is 29.3 Å². The van der Waals surface area contributed by atoms with Gasteiger partial charge in [0.1, 0.15) is 0 Å². The van der Waals surface area contributed by atoms with Crippen LogP contribution in [-0.2, 0) is 9.53 Å². The van der Waals surface area contributed by atoms with Gasteiger partial charge in [0.2, 0.25) is 5.91 Å². The smallest absolute Gasteiger partial charge is 0.338 e. The summed E-state index contributed by atoms with van der Waals surface area (Å²) in [6, 6.07) is 5.31. The lowest BCUT2D eigenvalue weighted by atomic mass is 9.84. The SMILES string of the molecule is COC(=O)c1cc(NC(=O)CC(C)C2CCNCC2)ccc1C.Cl. The number of aryl methyl sites for hydroxylation is 1. The zero-order chi connectivity index (χ0) is 16.8. The van der Waals surface area contributed by atoms with Crippen LogP contribution in [0.4, 0.5) is 5.69 Å². The van der Waals surface area contributed by atoms with E-state index >= 15 is 0 Å². The van der Waals surface area contributed by atoms with Gasteiger partial charge in [-0.2, -0.15) is 0 Å². The molecule has 1 aromatic rings. The Balaban J connectivity index is 0.00000288. The first kappa shape index (κ1) is 20.5. The zero-order valence-electron chi connectivity index (χ0n) is 14.6. The first-order valence-electron chi connectivity index (χ1n) is 8.20. The molecule has 6 heteroatoms. The normalized spacial score (nSPS) is 16.0. The van der Waals surface area contributed by atoms with Gasteiger partial charge in [0, 0.05) is 12.1 Å². The third-order valence-electron chi connectivity index (χ3n) is 4.62. The minimum absolute atomic E-state index is 0. The fourth-order valence-electron chi connectivity index (χ4n) is 3.11. The van der Waals surface area contributed by atoms with Gasteiger partial charge in [0.25, 0.3) is 0 Å². The van der Waals surface area contributed by atoms with Crippen LogP contribution in [0, 0.1) is 18.8 Å². The number of methoxy groups -OCH3 is 1. The van der Waals surface area contributed by atoms with Crippen LogP contribution >= 0.6 is 12.4 Å². The molecule has 0 saturated carbocycles. The molecule has 24 heavy (non-hydrogen) atoms. The number of carbonyl (C=O) groups is 2. The van der Waals surface area contributed by atoms with Crippen molar-refractivity contribution in [2.75, 3.05) is 25.5 Å². The largest absolute Gasteiger partial charge is 0.465 e. The second-order valence-corrected chi connectivity index (χ2v) is 6.34. The Hall–Kier alpha value is -1.59. The quantitative estimate of drug-likeness (QED) is 0.797. The molecule has 134 valence electrons. The highest BCUT2D eigenvalue weighted by atomic mass is 35.5. The Morgan fingerprint density at radius 3 is 2.62 bits per heavy atom. The molecule has 0 bridgehead atoms. The van der Waals surface area contributed by atoms with Crippen LogP contribution in [-0.4, -0.2) is 32.1 Å². The molecule has 1 heterocycles. The topological polar surface area (TPSA) is 67.4 Å². The average molecular weight is 355 g/mol. The molecule has 1 aliphatic heterocycles. The summed E-state index contributed by atoms with van der Waals surface area (Å²) in [7, 11) is 1.35. The van der Waals surface area contributed by atoms with Crippen molar-refractivity contribution in [2.45, 2.75) is 33.1 Å². The van der Waals surface area contributed by atoms with Gasteiger partial charge in [-0.1, -0.05) is 13.0 Å². The van der Waals surface area contributed by atoms with Crippen molar-refractivity contribution in [2.24, 2.45) is 11.8 Å². The van der Waals surface area contributed by atoms with Crippen LogP contribution in [0.5, 0.6) is 0 Å². The van der Waals surface area contributed by atoms with E-state index in [2.05, 4.69) is 17.6 Å². The van der Waals surface area contributed by atoms with E-state index in [4.69, 9.17) is 4.74 Å². The number of nitrogens with one attached hydrogen (secondary N) is 2. The number of esters is 1. The zero-order valence-corrected chi connectivity index (χ0v) is 15.4. The molecule has 2 rings (SSSR count). The number of hydrogen-bond acceptors (Lipinski definition) is 4. The highest BCUT2D eigenvalue weighted by Crippen LogP contribution is 2.25. The van der Waals surface area contributed by atoms with Crippen molar-refractivity contribution < 1.29 is 14.3 Å². The van der Waals surface area contributed by atoms with E-state index < -0.39 is 0 Å². The fourth-order valence-corrected chi connectivity index (χ4v) is 3.11. The number of halogens is 1. The monoisotopic (exact) mass is 354 g/mol. The maximum Gasteiger partial charge on any atom is 0.338 e. The summed E-state index contributed by atoms with van der Waals surface area (Å²) in [6.45, 7) is 6.07. The van der Waals surface area contributed by atoms with Crippen LogP contribution in [0.1, 0.15) is 42.1 Å². The third-order valence-corrected chi connectivity index (χ3v) is 4.62. The van der Waals surface area contributed by atoms with E-state index in [9.17, 15) is 9.59 Å². The summed E-state index contributed by atoms with van der Waals surface area (Å²) in [4.78, 5) is 24.0. The number of benzene rings is 1. The van der Waals surface area contributed by atoms with Gasteiger partial charge in [-0.3, -0.25) is 4.79 Å². The number of ether oxygens (including phenoxy) is 1. The molecule has 0 spiro atoms. The summed E-state index contributed by atoms with van der Waals surface area (Å²) < 4.78 is 4.76. The van der Waals surface area contributed by atoms with Gasteiger partial charge < -0.3 is 15.4 Å². The molecule has 1 aromatic carbocycles. The van der Waals surface area contributed by atoms with Crippen LogP contribution in [0.2, 0.25) is 0 Å². The molecule has 1 saturated heterocycles. The van der Waals surface area contributed by atoms with Gasteiger partial charge in [-0.05, 0) is 62.4 Å². The molecule has 0 aliphatic carbocycles.